The molecular weight excluding hydrogens is 775 g/mol. The van der Waals surface area contributed by atoms with Gasteiger partial charge in [-0.3, -0.25) is 19.3 Å². The number of aromatic nitrogens is 5. The first-order chi connectivity index (χ1) is 24.3. The van der Waals surface area contributed by atoms with Gasteiger partial charge in [0.15, 0.2) is 32.7 Å². The SMILES string of the molecule is COc1cc2nc(CCn3c(=O)n4n(c3=O)C3CC5(Cl)C(=O)N(CBr)C(=O)C5(Cl)C(c5cccc(OC)c5O)C3=CC4)c(=O)n(C)c2cc1OC. The maximum absolute atomic E-state index is 14.2. The second-order valence-electron chi connectivity index (χ2n) is 12.4. The van der Waals surface area contributed by atoms with Gasteiger partial charge in [0, 0.05) is 50.0 Å². The summed E-state index contributed by atoms with van der Waals surface area (Å²) in [4.78, 5) is 70.4. The molecule has 1 saturated heterocycles. The Morgan fingerprint density at radius 1 is 0.980 bits per heavy atom. The summed E-state index contributed by atoms with van der Waals surface area (Å²) in [5, 5.41) is 11.3. The minimum absolute atomic E-state index is 0.0706. The largest absolute Gasteiger partial charge is 0.504 e. The number of aryl methyl sites for hydroxylation is 2. The van der Waals surface area contributed by atoms with Gasteiger partial charge in [-0.05, 0) is 11.6 Å². The summed E-state index contributed by atoms with van der Waals surface area (Å²) in [7, 11) is 5.90. The van der Waals surface area contributed by atoms with E-state index in [0.29, 0.717) is 28.1 Å². The number of imide groups is 1. The summed E-state index contributed by atoms with van der Waals surface area (Å²) >= 11 is 17.6. The zero-order valence-electron chi connectivity index (χ0n) is 27.7. The number of carbonyl (C=O) groups is 2. The highest BCUT2D eigenvalue weighted by Crippen LogP contribution is 2.64. The maximum Gasteiger partial charge on any atom is 0.347 e. The molecule has 2 aromatic carbocycles. The van der Waals surface area contributed by atoms with Gasteiger partial charge in [-0.2, -0.15) is 0 Å². The Morgan fingerprint density at radius 3 is 2.33 bits per heavy atom. The lowest BCUT2D eigenvalue weighted by molar-refractivity contribution is -0.138. The van der Waals surface area contributed by atoms with E-state index in [1.807, 2.05) is 0 Å². The second-order valence-corrected chi connectivity index (χ2v) is 14.2. The number of benzene rings is 2. The van der Waals surface area contributed by atoms with E-state index in [1.165, 1.54) is 41.3 Å². The molecule has 2 fully saturated rings. The van der Waals surface area contributed by atoms with Crippen molar-refractivity contribution in [2.75, 3.05) is 26.8 Å². The molecule has 0 radical (unpaired) electrons. The Bertz CT molecular complexity index is 2380. The van der Waals surface area contributed by atoms with Crippen molar-refractivity contribution in [2.24, 2.45) is 7.05 Å². The van der Waals surface area contributed by atoms with Gasteiger partial charge in [0.05, 0.1) is 50.4 Å². The number of likely N-dealkylation sites (tertiary alicyclic amines) is 1. The van der Waals surface area contributed by atoms with Crippen LogP contribution in [0.2, 0.25) is 0 Å². The number of aromatic hydroxyl groups is 1. The fraction of sp³-hybridized carbons (Fsp3) is 0.394. The fourth-order valence-electron chi connectivity index (χ4n) is 7.63. The number of nitrogens with zero attached hydrogens (tertiary/aromatic N) is 6. The molecular formula is C33H31BrCl2N6O9. The summed E-state index contributed by atoms with van der Waals surface area (Å²) in [5.74, 6) is -2.18. The number of halogens is 3. The van der Waals surface area contributed by atoms with Crippen molar-refractivity contribution in [3.63, 3.8) is 0 Å². The molecule has 7 rings (SSSR count). The highest BCUT2D eigenvalue weighted by molar-refractivity contribution is 9.09. The molecule has 0 bridgehead atoms. The molecule has 4 heterocycles. The molecule has 2 amide bonds. The quantitative estimate of drug-likeness (QED) is 0.121. The van der Waals surface area contributed by atoms with Gasteiger partial charge in [-0.25, -0.2) is 28.5 Å². The molecule has 4 atom stereocenters. The number of hydrogen-bond donors (Lipinski definition) is 1. The lowest BCUT2D eigenvalue weighted by Gasteiger charge is -2.49. The van der Waals surface area contributed by atoms with Crippen molar-refractivity contribution in [3.05, 3.63) is 84.6 Å². The number of methoxy groups -OCH3 is 3. The number of ether oxygens (including phenoxy) is 3. The zero-order valence-corrected chi connectivity index (χ0v) is 30.8. The Labute approximate surface area is 307 Å². The normalized spacial score (nSPS) is 23.9. The summed E-state index contributed by atoms with van der Waals surface area (Å²) in [6.07, 6.45) is 1.27. The van der Waals surface area contributed by atoms with Crippen LogP contribution in [0, 0.1) is 0 Å². The highest BCUT2D eigenvalue weighted by Gasteiger charge is 2.75. The van der Waals surface area contributed by atoms with E-state index in [4.69, 9.17) is 37.4 Å². The Hall–Kier alpha value is -4.54. The summed E-state index contributed by atoms with van der Waals surface area (Å²) in [6, 6.07) is 6.89. The van der Waals surface area contributed by atoms with Crippen molar-refractivity contribution in [1.82, 2.24) is 28.4 Å². The Balaban J connectivity index is 1.33. The van der Waals surface area contributed by atoms with Crippen molar-refractivity contribution >= 4 is 62.0 Å². The van der Waals surface area contributed by atoms with Gasteiger partial charge in [-0.15, -0.1) is 23.2 Å². The van der Waals surface area contributed by atoms with Crippen LogP contribution in [0.25, 0.3) is 11.0 Å². The first kappa shape index (κ1) is 34.9. The van der Waals surface area contributed by atoms with Gasteiger partial charge >= 0.3 is 11.4 Å². The van der Waals surface area contributed by atoms with Gasteiger partial charge < -0.3 is 23.9 Å². The van der Waals surface area contributed by atoms with Crippen LogP contribution in [-0.4, -0.2) is 81.8 Å². The van der Waals surface area contributed by atoms with E-state index in [9.17, 15) is 29.1 Å². The Morgan fingerprint density at radius 2 is 1.67 bits per heavy atom. The number of amides is 2. The number of phenols is 1. The topological polar surface area (TPSA) is 169 Å². The molecule has 4 aromatic rings. The molecule has 2 aromatic heterocycles. The highest BCUT2D eigenvalue weighted by atomic mass is 79.9. The van der Waals surface area contributed by atoms with Crippen molar-refractivity contribution in [2.45, 2.75) is 47.6 Å². The van der Waals surface area contributed by atoms with Crippen LogP contribution in [0.3, 0.4) is 0 Å². The van der Waals surface area contributed by atoms with E-state index in [0.717, 1.165) is 9.47 Å². The smallest absolute Gasteiger partial charge is 0.347 e. The van der Waals surface area contributed by atoms with Crippen LogP contribution in [0.4, 0.5) is 0 Å². The average molecular weight is 806 g/mol. The van der Waals surface area contributed by atoms with Crippen LogP contribution in [-0.2, 0) is 36.1 Å². The summed E-state index contributed by atoms with van der Waals surface area (Å²) in [5.41, 5.74) is -0.404. The first-order valence-corrected chi connectivity index (χ1v) is 17.6. The van der Waals surface area contributed by atoms with E-state index < -0.39 is 50.5 Å². The van der Waals surface area contributed by atoms with Crippen LogP contribution >= 0.6 is 39.1 Å². The predicted molar refractivity (Wildman–Crippen MR) is 189 cm³/mol. The van der Waals surface area contributed by atoms with Gasteiger partial charge in [0.2, 0.25) is 0 Å². The second kappa shape index (κ2) is 12.3. The molecule has 1 N–H and O–H groups in total. The first-order valence-electron chi connectivity index (χ1n) is 15.7. The third-order valence-corrected chi connectivity index (χ3v) is 12.1. The van der Waals surface area contributed by atoms with E-state index in [-0.39, 0.29) is 54.1 Å². The van der Waals surface area contributed by atoms with Crippen LogP contribution in [0.5, 0.6) is 23.0 Å². The number of phenolic OH excluding ortho intramolecular Hbond substituents is 1. The van der Waals surface area contributed by atoms with Gasteiger partial charge in [0.25, 0.3) is 17.4 Å². The number of para-hydroxylation sites is 1. The molecule has 0 spiro atoms. The van der Waals surface area contributed by atoms with Crippen molar-refractivity contribution in [3.8, 4) is 23.0 Å². The minimum Gasteiger partial charge on any atom is -0.504 e. The van der Waals surface area contributed by atoms with Crippen molar-refractivity contribution in [1.29, 1.82) is 0 Å². The third-order valence-electron chi connectivity index (χ3n) is 10.1. The minimum atomic E-state index is -2.12. The number of alkyl halides is 3. The zero-order chi connectivity index (χ0) is 36.7. The molecule has 1 saturated carbocycles. The molecule has 268 valence electrons. The summed E-state index contributed by atoms with van der Waals surface area (Å²) in [6.45, 7) is -0.299. The van der Waals surface area contributed by atoms with Crippen LogP contribution < -0.4 is 31.1 Å². The standard InChI is InChI=1S/C33H31BrCl2N6O9/c1-38-20-13-24(51-4)23(50-3)12-19(20)37-18(27(38)44)9-10-39-30(47)41-11-8-16-21(42(41)31(39)48)14-32(35)28(45)40(15-34)29(46)33(32,36)25(16)17-6-5-7-22(49-2)26(17)43/h5-8,12-13,21,25,43H,9-11,14-15H2,1-4H3. The van der Waals surface area contributed by atoms with E-state index in [2.05, 4.69) is 20.9 Å². The van der Waals surface area contributed by atoms with E-state index >= 15 is 0 Å². The molecule has 51 heavy (non-hydrogen) atoms. The molecule has 18 heteroatoms. The molecule has 15 nitrogen and oxygen atoms in total. The number of fused-ring (bicyclic) bond motifs is 5. The van der Waals surface area contributed by atoms with E-state index in [1.54, 1.807) is 37.4 Å². The molecule has 2 aliphatic heterocycles. The molecule has 3 aliphatic rings. The molecule has 4 unspecified atom stereocenters. The summed E-state index contributed by atoms with van der Waals surface area (Å²) < 4.78 is 20.9. The number of rotatable bonds is 8. The van der Waals surface area contributed by atoms with Gasteiger partial charge in [0.1, 0.15) is 5.69 Å². The lowest BCUT2D eigenvalue weighted by atomic mass is 9.64. The maximum atomic E-state index is 14.2. The number of carbonyl (C=O) groups excluding carboxylic acids is 2. The number of allylic oxidation sites excluding steroid dienone is 2. The average Bonchev–Trinajstić information content (AvgIpc) is 3.45. The Kier molecular flexibility index (Phi) is 8.42. The fourth-order valence-corrected chi connectivity index (χ4v) is 9.02. The van der Waals surface area contributed by atoms with Gasteiger partial charge in [-0.1, -0.05) is 34.1 Å². The molecule has 1 aliphatic carbocycles. The monoisotopic (exact) mass is 804 g/mol. The van der Waals surface area contributed by atoms with Crippen molar-refractivity contribution < 1.29 is 28.9 Å². The van der Waals surface area contributed by atoms with Crippen LogP contribution in [0.1, 0.15) is 29.6 Å². The van der Waals surface area contributed by atoms with Crippen LogP contribution in [0.15, 0.2) is 56.4 Å². The predicted octanol–water partition coefficient (Wildman–Crippen LogP) is 2.38. The lowest BCUT2D eigenvalue weighted by Crippen LogP contribution is -2.59. The number of hydrogen-bond acceptors (Lipinski definition) is 10. The third kappa shape index (κ3) is 4.68.